The molecule has 4 aliphatic rings. The van der Waals surface area contributed by atoms with Crippen LogP contribution in [0.4, 0.5) is 4.39 Å². The Morgan fingerprint density at radius 1 is 1.24 bits per heavy atom. The van der Waals surface area contributed by atoms with E-state index in [0.29, 0.717) is 52.9 Å². The van der Waals surface area contributed by atoms with Gasteiger partial charge in [0.05, 0.1) is 12.1 Å². The number of piperidine rings is 1. The van der Waals surface area contributed by atoms with Gasteiger partial charge < -0.3 is 16.0 Å². The van der Waals surface area contributed by atoms with E-state index in [1.54, 1.807) is 12.1 Å². The number of rotatable bonds is 5. The molecule has 0 radical (unpaired) electrons. The molecule has 2 aliphatic heterocycles. The summed E-state index contributed by atoms with van der Waals surface area (Å²) in [5.74, 6) is 1.72. The van der Waals surface area contributed by atoms with Crippen molar-refractivity contribution in [2.75, 3.05) is 0 Å². The summed E-state index contributed by atoms with van der Waals surface area (Å²) >= 11 is 0. The number of benzene rings is 2. The summed E-state index contributed by atoms with van der Waals surface area (Å²) in [4.78, 5) is 24.6. The molecule has 7 atom stereocenters. The van der Waals surface area contributed by atoms with Crippen molar-refractivity contribution in [1.29, 1.82) is 5.26 Å². The highest BCUT2D eigenvalue weighted by atomic mass is 19.1. The lowest BCUT2D eigenvalue weighted by atomic mass is 9.94. The van der Waals surface area contributed by atoms with Crippen molar-refractivity contribution >= 4 is 11.8 Å². The quantitative estimate of drug-likeness (QED) is 0.661. The van der Waals surface area contributed by atoms with Crippen LogP contribution >= 0.6 is 0 Å². The Labute approximate surface area is 191 Å². The summed E-state index contributed by atoms with van der Waals surface area (Å²) in [7, 11) is 0. The highest BCUT2D eigenvalue weighted by molar-refractivity contribution is 5.98. The van der Waals surface area contributed by atoms with Gasteiger partial charge in [0, 0.05) is 24.6 Å². The summed E-state index contributed by atoms with van der Waals surface area (Å²) in [6.07, 6.45) is 1.15. The minimum Gasteiger partial charge on any atom is -0.348 e. The van der Waals surface area contributed by atoms with Gasteiger partial charge in [-0.2, -0.15) is 5.26 Å². The van der Waals surface area contributed by atoms with Crippen LogP contribution in [0.5, 0.6) is 0 Å². The minimum atomic E-state index is -0.789. The van der Waals surface area contributed by atoms with E-state index in [4.69, 9.17) is 0 Å². The maximum absolute atomic E-state index is 14.9. The molecule has 0 spiro atoms. The fourth-order valence-corrected chi connectivity index (χ4v) is 6.52. The molecule has 2 bridgehead atoms. The van der Waals surface area contributed by atoms with Gasteiger partial charge in [-0.1, -0.05) is 25.1 Å². The molecule has 3 unspecified atom stereocenters. The molecule has 6 nitrogen and oxygen atoms in total. The van der Waals surface area contributed by atoms with E-state index in [1.165, 1.54) is 6.07 Å². The summed E-state index contributed by atoms with van der Waals surface area (Å²) < 4.78 is 14.9. The van der Waals surface area contributed by atoms with Crippen LogP contribution in [0.1, 0.15) is 34.8 Å². The lowest BCUT2D eigenvalue weighted by molar-refractivity contribution is -0.124. The molecule has 33 heavy (non-hydrogen) atoms. The summed E-state index contributed by atoms with van der Waals surface area (Å²) in [6, 6.07) is 11.9. The fourth-order valence-electron chi connectivity index (χ4n) is 6.52. The topological polar surface area (TPSA) is 94.0 Å². The first-order valence-corrected chi connectivity index (χ1v) is 11.6. The van der Waals surface area contributed by atoms with Gasteiger partial charge in [0.25, 0.3) is 5.91 Å². The number of carbonyl (C=O) groups excluding carboxylic acids is 2. The number of hydrogen-bond donors (Lipinski definition) is 3. The van der Waals surface area contributed by atoms with Crippen molar-refractivity contribution in [3.8, 4) is 17.2 Å². The highest BCUT2D eigenvalue weighted by Gasteiger charge is 2.67. The second-order valence-corrected chi connectivity index (χ2v) is 9.92. The van der Waals surface area contributed by atoms with E-state index in [-0.39, 0.29) is 24.3 Å². The van der Waals surface area contributed by atoms with Gasteiger partial charge in [-0.05, 0) is 70.5 Å². The van der Waals surface area contributed by atoms with Crippen molar-refractivity contribution in [3.63, 3.8) is 0 Å². The molecule has 7 heteroatoms. The minimum absolute atomic E-state index is 0.0882. The Hall–Kier alpha value is -3.24. The first-order chi connectivity index (χ1) is 15.9. The average molecular weight is 445 g/mol. The molecule has 6 rings (SSSR count). The first kappa shape index (κ1) is 20.4. The fraction of sp³-hybridized carbons (Fsp3) is 0.423. The van der Waals surface area contributed by atoms with Gasteiger partial charge in [-0.15, -0.1) is 0 Å². The van der Waals surface area contributed by atoms with Crippen molar-refractivity contribution in [1.82, 2.24) is 16.0 Å². The summed E-state index contributed by atoms with van der Waals surface area (Å²) in [5, 5.41) is 18.7. The van der Waals surface area contributed by atoms with Gasteiger partial charge >= 0.3 is 0 Å². The van der Waals surface area contributed by atoms with E-state index in [0.717, 1.165) is 17.5 Å². The van der Waals surface area contributed by atoms with Crippen LogP contribution in [0.15, 0.2) is 36.4 Å². The molecular weight excluding hydrogens is 419 g/mol. The zero-order valence-electron chi connectivity index (χ0n) is 18.3. The molecule has 0 aromatic heterocycles. The molecular formula is C26H25FN4O2. The lowest BCUT2D eigenvalue weighted by Gasteiger charge is -2.23. The SMILES string of the molecule is CC1C2C1[C@H]1C[C@@H]2N[C@@H]1C(=O)N[C@H](C#N)Cc1ccc(-c2ccc3c(c2)CNC3=O)cc1F. The Kier molecular flexibility index (Phi) is 4.56. The molecule has 1 saturated heterocycles. The van der Waals surface area contributed by atoms with Crippen LogP contribution in [0.3, 0.4) is 0 Å². The number of hydrogen-bond acceptors (Lipinski definition) is 4. The van der Waals surface area contributed by atoms with E-state index >= 15 is 0 Å². The number of amides is 2. The number of halogens is 1. The molecule has 2 amide bonds. The second-order valence-electron chi connectivity index (χ2n) is 9.92. The normalized spacial score (nSPS) is 31.4. The maximum Gasteiger partial charge on any atom is 0.251 e. The number of nitrogens with zero attached hydrogens (tertiary/aromatic N) is 1. The third kappa shape index (κ3) is 3.24. The van der Waals surface area contributed by atoms with E-state index < -0.39 is 11.9 Å². The molecule has 2 saturated carbocycles. The third-order valence-corrected chi connectivity index (χ3v) is 8.18. The zero-order valence-corrected chi connectivity index (χ0v) is 18.3. The molecule has 2 aliphatic carbocycles. The maximum atomic E-state index is 14.9. The molecule has 3 N–H and O–H groups in total. The molecule has 2 aromatic rings. The summed E-state index contributed by atoms with van der Waals surface area (Å²) in [5.41, 5.74) is 3.47. The average Bonchev–Trinajstić information content (AvgIpc) is 3.16. The predicted molar refractivity (Wildman–Crippen MR) is 119 cm³/mol. The number of fused-ring (bicyclic) bond motifs is 6. The second kappa shape index (κ2) is 7.39. The molecule has 168 valence electrons. The highest BCUT2D eigenvalue weighted by Crippen LogP contribution is 2.64. The van der Waals surface area contributed by atoms with Crippen molar-refractivity contribution < 1.29 is 14.0 Å². The van der Waals surface area contributed by atoms with Crippen LogP contribution in [0, 0.1) is 40.8 Å². The lowest BCUT2D eigenvalue weighted by Crippen LogP contribution is -2.51. The summed E-state index contributed by atoms with van der Waals surface area (Å²) in [6.45, 7) is 2.73. The van der Waals surface area contributed by atoms with Crippen LogP contribution < -0.4 is 16.0 Å². The largest absolute Gasteiger partial charge is 0.348 e. The van der Waals surface area contributed by atoms with Gasteiger partial charge in [-0.25, -0.2) is 4.39 Å². The van der Waals surface area contributed by atoms with Gasteiger partial charge in [0.15, 0.2) is 0 Å². The monoisotopic (exact) mass is 444 g/mol. The van der Waals surface area contributed by atoms with E-state index in [1.807, 2.05) is 18.2 Å². The first-order valence-electron chi connectivity index (χ1n) is 11.6. The number of nitrogens with one attached hydrogen (secondary N) is 3. The Bertz CT molecular complexity index is 1220. The van der Waals surface area contributed by atoms with Gasteiger partial charge in [-0.3, -0.25) is 9.59 Å². The Morgan fingerprint density at radius 3 is 2.79 bits per heavy atom. The van der Waals surface area contributed by atoms with Gasteiger partial charge in [0.2, 0.25) is 5.91 Å². The van der Waals surface area contributed by atoms with Crippen LogP contribution in [-0.2, 0) is 17.8 Å². The molecule has 3 fully saturated rings. The van der Waals surface area contributed by atoms with E-state index in [9.17, 15) is 19.2 Å². The Morgan fingerprint density at radius 2 is 2.03 bits per heavy atom. The van der Waals surface area contributed by atoms with Crippen LogP contribution in [0.2, 0.25) is 0 Å². The van der Waals surface area contributed by atoms with Gasteiger partial charge in [0.1, 0.15) is 11.9 Å². The third-order valence-electron chi connectivity index (χ3n) is 8.18. The van der Waals surface area contributed by atoms with Crippen LogP contribution in [-0.4, -0.2) is 29.9 Å². The van der Waals surface area contributed by atoms with E-state index in [2.05, 4.69) is 28.9 Å². The molecule has 2 aromatic carbocycles. The zero-order chi connectivity index (χ0) is 22.9. The van der Waals surface area contributed by atoms with Crippen molar-refractivity contribution in [2.45, 2.75) is 44.4 Å². The standard InChI is InChI=1S/C26H25FN4O2/c1-12-22-19-9-21(23(12)22)31-24(19)26(33)30-17(10-28)7-15-3-2-14(8-20(15)27)13-4-5-18-16(6-13)11-29-25(18)32/h2-6,8,12,17,19,21-24,31H,7,9,11H2,1H3,(H,29,32)(H,30,33)/t12?,17-,19+,21-,22?,23?,24-/m0/s1. The smallest absolute Gasteiger partial charge is 0.251 e. The van der Waals surface area contributed by atoms with Crippen molar-refractivity contribution in [2.24, 2.45) is 23.7 Å². The predicted octanol–water partition coefficient (Wildman–Crippen LogP) is 2.53. The Balaban J connectivity index is 1.14. The van der Waals surface area contributed by atoms with Crippen LogP contribution in [0.25, 0.3) is 11.1 Å². The number of carbonyl (C=O) groups is 2. The number of nitriles is 1. The van der Waals surface area contributed by atoms with Crippen molar-refractivity contribution in [3.05, 3.63) is 58.9 Å². The molecule has 2 heterocycles.